The average Bonchev–Trinajstić information content (AvgIpc) is 2.67. The molecule has 0 saturated heterocycles. The van der Waals surface area contributed by atoms with Crippen molar-refractivity contribution in [2.24, 2.45) is 5.92 Å². The van der Waals surface area contributed by atoms with Gasteiger partial charge in [-0.05, 0) is 42.4 Å². The van der Waals surface area contributed by atoms with Crippen molar-refractivity contribution in [1.29, 1.82) is 10.5 Å². The summed E-state index contributed by atoms with van der Waals surface area (Å²) in [6, 6.07) is 10.1. The van der Waals surface area contributed by atoms with E-state index in [-0.39, 0.29) is 23.0 Å². The Morgan fingerprint density at radius 2 is 2.12 bits per heavy atom. The molecule has 0 bridgehead atoms. The number of rotatable bonds is 2. The molecule has 1 aromatic carbocycles. The minimum atomic E-state index is -0.451. The quantitative estimate of drug-likeness (QED) is 0.901. The first kappa shape index (κ1) is 16.1. The molecule has 0 saturated carbocycles. The molecule has 3 heterocycles. The number of aromatic nitrogens is 2. The van der Waals surface area contributed by atoms with E-state index < -0.39 is 5.56 Å². The van der Waals surface area contributed by atoms with Crippen LogP contribution in [0, 0.1) is 28.6 Å². The van der Waals surface area contributed by atoms with Crippen molar-refractivity contribution >= 4 is 11.8 Å². The van der Waals surface area contributed by atoms with Gasteiger partial charge in [-0.3, -0.25) is 4.79 Å². The molecule has 2 aliphatic rings. The molecule has 0 spiro atoms. The summed E-state index contributed by atoms with van der Waals surface area (Å²) in [6.07, 6.45) is 6.89. The van der Waals surface area contributed by atoms with E-state index in [9.17, 15) is 4.79 Å². The summed E-state index contributed by atoms with van der Waals surface area (Å²) in [7, 11) is 0. The smallest absolute Gasteiger partial charge is 0.274 e. The van der Waals surface area contributed by atoms with E-state index in [1.54, 1.807) is 12.1 Å². The van der Waals surface area contributed by atoms with Crippen LogP contribution in [-0.4, -0.2) is 23.1 Å². The van der Waals surface area contributed by atoms with Gasteiger partial charge < -0.3 is 9.88 Å². The van der Waals surface area contributed by atoms with E-state index >= 15 is 0 Å². The summed E-state index contributed by atoms with van der Waals surface area (Å²) in [5.41, 5.74) is 3.74. The number of anilines is 1. The molecule has 4 rings (SSSR count). The Morgan fingerprint density at radius 3 is 2.92 bits per heavy atom. The maximum atomic E-state index is 12.1. The molecule has 6 heteroatoms. The number of nitrogens with zero attached hydrogens (tertiary/aromatic N) is 4. The zero-order valence-corrected chi connectivity index (χ0v) is 14.2. The summed E-state index contributed by atoms with van der Waals surface area (Å²) in [5.74, 6) is 0.276. The first-order valence-electron chi connectivity index (χ1n) is 8.68. The van der Waals surface area contributed by atoms with Crippen molar-refractivity contribution in [3.05, 3.63) is 62.8 Å². The molecule has 1 aromatic heterocycles. The van der Waals surface area contributed by atoms with Crippen molar-refractivity contribution in [3.8, 4) is 12.1 Å². The highest BCUT2D eigenvalue weighted by molar-refractivity contribution is 5.63. The first-order chi connectivity index (χ1) is 12.7. The molecule has 128 valence electrons. The molecule has 2 aliphatic heterocycles. The van der Waals surface area contributed by atoms with Crippen LogP contribution in [-0.2, 0) is 12.8 Å². The largest absolute Gasteiger partial charge is 0.370 e. The fourth-order valence-corrected chi connectivity index (χ4v) is 3.90. The van der Waals surface area contributed by atoms with Crippen molar-refractivity contribution in [2.75, 3.05) is 18.0 Å². The van der Waals surface area contributed by atoms with Gasteiger partial charge in [0.1, 0.15) is 17.8 Å². The van der Waals surface area contributed by atoms with Crippen LogP contribution < -0.4 is 10.5 Å². The lowest BCUT2D eigenvalue weighted by atomic mass is 9.87. The van der Waals surface area contributed by atoms with E-state index in [0.29, 0.717) is 0 Å². The van der Waals surface area contributed by atoms with Crippen molar-refractivity contribution in [3.63, 3.8) is 0 Å². The van der Waals surface area contributed by atoms with Crippen LogP contribution in [0.5, 0.6) is 0 Å². The summed E-state index contributed by atoms with van der Waals surface area (Å²) in [6.45, 7) is 1.97. The number of benzene rings is 1. The van der Waals surface area contributed by atoms with Gasteiger partial charge in [0.25, 0.3) is 5.56 Å². The van der Waals surface area contributed by atoms with Gasteiger partial charge in [0, 0.05) is 18.8 Å². The number of nitriles is 2. The zero-order chi connectivity index (χ0) is 18.1. The molecule has 2 aromatic rings. The molecular weight excluding hydrogens is 326 g/mol. The molecule has 0 amide bonds. The van der Waals surface area contributed by atoms with E-state index in [1.807, 2.05) is 12.1 Å². The third kappa shape index (κ3) is 2.76. The molecule has 0 aliphatic carbocycles. The zero-order valence-electron chi connectivity index (χ0n) is 14.2. The fraction of sp³-hybridized carbons (Fsp3) is 0.300. The molecule has 0 fully saturated rings. The number of hydrogen-bond donors (Lipinski definition) is 1. The van der Waals surface area contributed by atoms with Gasteiger partial charge in [0.15, 0.2) is 11.4 Å². The molecule has 1 unspecified atom stereocenters. The number of nitrogens with one attached hydrogen (secondary N) is 1. The van der Waals surface area contributed by atoms with Crippen LogP contribution in [0.15, 0.2) is 29.1 Å². The summed E-state index contributed by atoms with van der Waals surface area (Å²) in [4.78, 5) is 21.0. The van der Waals surface area contributed by atoms with Gasteiger partial charge in [-0.25, -0.2) is 4.98 Å². The van der Waals surface area contributed by atoms with E-state index in [4.69, 9.17) is 10.5 Å². The fourth-order valence-electron chi connectivity index (χ4n) is 3.90. The Morgan fingerprint density at radius 1 is 1.27 bits per heavy atom. The van der Waals surface area contributed by atoms with Gasteiger partial charge in [-0.2, -0.15) is 10.5 Å². The predicted molar refractivity (Wildman–Crippen MR) is 97.5 cm³/mol. The second kappa shape index (κ2) is 6.50. The third-order valence-corrected chi connectivity index (χ3v) is 5.01. The Kier molecular flexibility index (Phi) is 4.02. The van der Waals surface area contributed by atoms with E-state index in [2.05, 4.69) is 33.1 Å². The summed E-state index contributed by atoms with van der Waals surface area (Å²) >= 11 is 0. The average molecular weight is 343 g/mol. The number of H-pyrrole nitrogens is 1. The second-order valence-corrected chi connectivity index (χ2v) is 6.70. The normalized spacial score (nSPS) is 18.2. The standard InChI is InChI=1S/C20H17N5O/c21-10-17-18(11-22)24-20(26)16(23-17)7-6-13-9-15-4-1-3-14-5-2-8-25(12-13)19(14)15/h1,3-4,6-7,13H,2,5,8-9,12H2,(H,24,26). The predicted octanol–water partition coefficient (Wildman–Crippen LogP) is 2.15. The minimum Gasteiger partial charge on any atom is -0.370 e. The Hall–Kier alpha value is -3.38. The third-order valence-electron chi connectivity index (χ3n) is 5.01. The number of para-hydroxylation sites is 1. The van der Waals surface area contributed by atoms with Gasteiger partial charge in [0.2, 0.25) is 0 Å². The minimum absolute atomic E-state index is 0.0542. The van der Waals surface area contributed by atoms with Gasteiger partial charge in [-0.1, -0.05) is 24.3 Å². The Labute approximate surface area is 151 Å². The van der Waals surface area contributed by atoms with Crippen molar-refractivity contribution in [1.82, 2.24) is 9.97 Å². The van der Waals surface area contributed by atoms with Crippen LogP contribution in [0.2, 0.25) is 0 Å². The number of aromatic amines is 1. The maximum absolute atomic E-state index is 12.1. The molecule has 1 atom stereocenters. The Bertz CT molecular complexity index is 1040. The first-order valence-corrected chi connectivity index (χ1v) is 8.68. The highest BCUT2D eigenvalue weighted by atomic mass is 16.1. The maximum Gasteiger partial charge on any atom is 0.274 e. The molecule has 6 nitrogen and oxygen atoms in total. The van der Waals surface area contributed by atoms with Gasteiger partial charge in [-0.15, -0.1) is 0 Å². The topological polar surface area (TPSA) is 96.6 Å². The Balaban J connectivity index is 1.62. The number of hydrogen-bond acceptors (Lipinski definition) is 5. The van der Waals surface area contributed by atoms with Crippen LogP contribution in [0.4, 0.5) is 5.69 Å². The summed E-state index contributed by atoms with van der Waals surface area (Å²) < 4.78 is 0. The van der Waals surface area contributed by atoms with Crippen LogP contribution in [0.1, 0.15) is 34.6 Å². The van der Waals surface area contributed by atoms with E-state index in [1.165, 1.54) is 16.8 Å². The molecule has 0 radical (unpaired) electrons. The van der Waals surface area contributed by atoms with Crippen LogP contribution in [0.25, 0.3) is 6.08 Å². The van der Waals surface area contributed by atoms with Gasteiger partial charge in [0.05, 0.1) is 0 Å². The second-order valence-electron chi connectivity index (χ2n) is 6.70. The van der Waals surface area contributed by atoms with Crippen LogP contribution >= 0.6 is 0 Å². The van der Waals surface area contributed by atoms with Crippen LogP contribution in [0.3, 0.4) is 0 Å². The molecule has 26 heavy (non-hydrogen) atoms. The lowest BCUT2D eigenvalue weighted by molar-refractivity contribution is 0.556. The highest BCUT2D eigenvalue weighted by Gasteiger charge is 2.27. The lowest BCUT2D eigenvalue weighted by Crippen LogP contribution is -2.38. The van der Waals surface area contributed by atoms with Crippen molar-refractivity contribution < 1.29 is 0 Å². The lowest BCUT2D eigenvalue weighted by Gasteiger charge is -2.39. The van der Waals surface area contributed by atoms with E-state index in [0.717, 1.165) is 32.4 Å². The highest BCUT2D eigenvalue weighted by Crippen LogP contribution is 2.36. The molecular formula is C20H17N5O. The summed E-state index contributed by atoms with van der Waals surface area (Å²) in [5, 5.41) is 18.0. The number of aryl methyl sites for hydroxylation is 1. The molecule has 1 N–H and O–H groups in total. The van der Waals surface area contributed by atoms with Crippen molar-refractivity contribution in [2.45, 2.75) is 19.3 Å². The monoisotopic (exact) mass is 343 g/mol. The van der Waals surface area contributed by atoms with Gasteiger partial charge >= 0.3 is 0 Å². The SMILES string of the molecule is N#Cc1nc(C=CC2Cc3cccc4c3N(CCC4)C2)c(=O)[nH]c1C#N.